The standard InChI is InChI=1S/C15H14ClFN2O/c1-9-3-5-12(20-9)8-19-14-7-11(17)4-6-13(14)18-15(19)10(2)16/h3-7,10H,8H2,1-2H3. The molecular formula is C15H14ClFN2O. The Bertz CT molecular complexity index is 760. The Labute approximate surface area is 121 Å². The molecule has 0 aliphatic heterocycles. The molecule has 3 rings (SSSR count). The van der Waals surface area contributed by atoms with Crippen molar-refractivity contribution in [2.45, 2.75) is 25.8 Å². The molecule has 2 heterocycles. The molecule has 0 radical (unpaired) electrons. The van der Waals surface area contributed by atoms with Crippen molar-refractivity contribution in [2.75, 3.05) is 0 Å². The predicted molar refractivity (Wildman–Crippen MR) is 76.5 cm³/mol. The fourth-order valence-corrected chi connectivity index (χ4v) is 2.48. The SMILES string of the molecule is Cc1ccc(Cn2c(C(C)Cl)nc3ccc(F)cc32)o1. The summed E-state index contributed by atoms with van der Waals surface area (Å²) in [7, 11) is 0. The highest BCUT2D eigenvalue weighted by Gasteiger charge is 2.16. The highest BCUT2D eigenvalue weighted by atomic mass is 35.5. The summed E-state index contributed by atoms with van der Waals surface area (Å²) in [5.74, 6) is 2.06. The largest absolute Gasteiger partial charge is 0.464 e. The van der Waals surface area contributed by atoms with Crippen LogP contribution in [0.4, 0.5) is 4.39 Å². The Balaban J connectivity index is 2.15. The van der Waals surface area contributed by atoms with Crippen molar-refractivity contribution in [1.29, 1.82) is 0 Å². The molecule has 0 fully saturated rings. The molecule has 0 amide bonds. The van der Waals surface area contributed by atoms with E-state index in [1.54, 1.807) is 6.07 Å². The normalized spacial score (nSPS) is 13.0. The molecule has 0 aliphatic carbocycles. The third kappa shape index (κ3) is 2.31. The van der Waals surface area contributed by atoms with Gasteiger partial charge in [-0.05, 0) is 44.2 Å². The average molecular weight is 293 g/mol. The van der Waals surface area contributed by atoms with Crippen molar-refractivity contribution in [3.63, 3.8) is 0 Å². The molecule has 1 aromatic carbocycles. The van der Waals surface area contributed by atoms with Crippen LogP contribution < -0.4 is 0 Å². The fourth-order valence-electron chi connectivity index (χ4n) is 2.31. The van der Waals surface area contributed by atoms with Crippen LogP contribution in [0.1, 0.15) is 29.6 Å². The Morgan fingerprint density at radius 3 is 2.80 bits per heavy atom. The van der Waals surface area contributed by atoms with E-state index < -0.39 is 0 Å². The Morgan fingerprint density at radius 1 is 1.35 bits per heavy atom. The highest BCUT2D eigenvalue weighted by Crippen LogP contribution is 2.26. The average Bonchev–Trinajstić information content (AvgIpc) is 2.95. The number of hydrogen-bond acceptors (Lipinski definition) is 2. The van der Waals surface area contributed by atoms with Gasteiger partial charge < -0.3 is 8.98 Å². The van der Waals surface area contributed by atoms with Gasteiger partial charge in [0.2, 0.25) is 0 Å². The predicted octanol–water partition coefficient (Wildman–Crippen LogP) is 4.42. The summed E-state index contributed by atoms with van der Waals surface area (Å²) in [4.78, 5) is 4.48. The molecule has 3 nitrogen and oxygen atoms in total. The van der Waals surface area contributed by atoms with Crippen LogP contribution in [-0.2, 0) is 6.54 Å². The number of imidazole rings is 1. The zero-order valence-corrected chi connectivity index (χ0v) is 12.0. The van der Waals surface area contributed by atoms with Crippen molar-refractivity contribution < 1.29 is 8.81 Å². The van der Waals surface area contributed by atoms with Gasteiger partial charge in [-0.2, -0.15) is 0 Å². The lowest BCUT2D eigenvalue weighted by molar-refractivity contribution is 0.468. The molecule has 20 heavy (non-hydrogen) atoms. The highest BCUT2D eigenvalue weighted by molar-refractivity contribution is 6.20. The first-order valence-electron chi connectivity index (χ1n) is 6.39. The molecule has 0 spiro atoms. The number of furan rings is 1. The molecular weight excluding hydrogens is 279 g/mol. The third-order valence-electron chi connectivity index (χ3n) is 3.21. The number of hydrogen-bond donors (Lipinski definition) is 0. The number of nitrogens with zero attached hydrogens (tertiary/aromatic N) is 2. The number of alkyl halides is 1. The summed E-state index contributed by atoms with van der Waals surface area (Å²) < 4.78 is 21.0. The second-order valence-electron chi connectivity index (χ2n) is 4.82. The van der Waals surface area contributed by atoms with E-state index in [1.807, 2.05) is 30.5 Å². The summed E-state index contributed by atoms with van der Waals surface area (Å²) in [6.07, 6.45) is 0. The van der Waals surface area contributed by atoms with E-state index >= 15 is 0 Å². The van der Waals surface area contributed by atoms with E-state index in [1.165, 1.54) is 12.1 Å². The third-order valence-corrected chi connectivity index (χ3v) is 3.40. The van der Waals surface area contributed by atoms with Crippen molar-refractivity contribution in [3.8, 4) is 0 Å². The molecule has 0 saturated carbocycles. The first-order valence-corrected chi connectivity index (χ1v) is 6.83. The van der Waals surface area contributed by atoms with Gasteiger partial charge >= 0.3 is 0 Å². The molecule has 5 heteroatoms. The van der Waals surface area contributed by atoms with Crippen LogP contribution >= 0.6 is 11.6 Å². The van der Waals surface area contributed by atoms with Crippen molar-refractivity contribution >= 4 is 22.6 Å². The molecule has 2 aromatic heterocycles. The first kappa shape index (κ1) is 13.2. The quantitative estimate of drug-likeness (QED) is 0.669. The van der Waals surface area contributed by atoms with Gasteiger partial charge in [0.05, 0.1) is 23.0 Å². The van der Waals surface area contributed by atoms with E-state index in [2.05, 4.69) is 4.98 Å². The van der Waals surface area contributed by atoms with Gasteiger partial charge in [0.1, 0.15) is 23.2 Å². The van der Waals surface area contributed by atoms with E-state index in [0.29, 0.717) is 12.4 Å². The van der Waals surface area contributed by atoms with Gasteiger partial charge in [0.15, 0.2) is 0 Å². The molecule has 0 aliphatic rings. The van der Waals surface area contributed by atoms with Crippen molar-refractivity contribution in [1.82, 2.24) is 9.55 Å². The summed E-state index contributed by atoms with van der Waals surface area (Å²) in [6, 6.07) is 8.35. The molecule has 3 aromatic rings. The topological polar surface area (TPSA) is 31.0 Å². The summed E-state index contributed by atoms with van der Waals surface area (Å²) in [6.45, 7) is 4.23. The van der Waals surface area contributed by atoms with Crippen LogP contribution in [0.5, 0.6) is 0 Å². The molecule has 0 saturated heterocycles. The minimum atomic E-state index is -0.289. The Morgan fingerprint density at radius 2 is 2.15 bits per heavy atom. The minimum absolute atomic E-state index is 0.262. The number of aryl methyl sites for hydroxylation is 1. The van der Waals surface area contributed by atoms with Crippen LogP contribution in [0, 0.1) is 12.7 Å². The first-order chi connectivity index (χ1) is 9.54. The van der Waals surface area contributed by atoms with Crippen LogP contribution in [0.25, 0.3) is 11.0 Å². The van der Waals surface area contributed by atoms with Crippen LogP contribution in [0.3, 0.4) is 0 Å². The molecule has 104 valence electrons. The number of rotatable bonds is 3. The van der Waals surface area contributed by atoms with Gasteiger partial charge in [-0.15, -0.1) is 11.6 Å². The zero-order valence-electron chi connectivity index (χ0n) is 11.2. The molecule has 0 N–H and O–H groups in total. The van der Waals surface area contributed by atoms with E-state index in [4.69, 9.17) is 16.0 Å². The van der Waals surface area contributed by atoms with Crippen LogP contribution in [0.2, 0.25) is 0 Å². The molecule has 1 atom stereocenters. The maximum absolute atomic E-state index is 13.5. The van der Waals surface area contributed by atoms with Crippen LogP contribution in [-0.4, -0.2) is 9.55 Å². The number of benzene rings is 1. The monoisotopic (exact) mass is 292 g/mol. The Hall–Kier alpha value is -1.81. The summed E-state index contributed by atoms with van der Waals surface area (Å²) in [5, 5.41) is -0.262. The molecule has 1 unspecified atom stereocenters. The Kier molecular flexibility index (Phi) is 3.26. The van der Waals surface area contributed by atoms with Crippen LogP contribution in [0.15, 0.2) is 34.7 Å². The number of fused-ring (bicyclic) bond motifs is 1. The lowest BCUT2D eigenvalue weighted by Gasteiger charge is -2.08. The second-order valence-corrected chi connectivity index (χ2v) is 5.47. The van der Waals surface area contributed by atoms with E-state index in [0.717, 1.165) is 22.6 Å². The van der Waals surface area contributed by atoms with Gasteiger partial charge in [0.25, 0.3) is 0 Å². The maximum atomic E-state index is 13.5. The van der Waals surface area contributed by atoms with Gasteiger partial charge in [-0.25, -0.2) is 9.37 Å². The summed E-state index contributed by atoms with van der Waals surface area (Å²) in [5.41, 5.74) is 1.46. The second kappa shape index (κ2) is 4.94. The zero-order chi connectivity index (χ0) is 14.3. The minimum Gasteiger partial charge on any atom is -0.464 e. The summed E-state index contributed by atoms with van der Waals surface area (Å²) >= 11 is 6.18. The van der Waals surface area contributed by atoms with E-state index in [9.17, 15) is 4.39 Å². The van der Waals surface area contributed by atoms with Gasteiger partial charge in [-0.3, -0.25) is 0 Å². The van der Waals surface area contributed by atoms with Crippen molar-refractivity contribution in [2.24, 2.45) is 0 Å². The van der Waals surface area contributed by atoms with E-state index in [-0.39, 0.29) is 11.2 Å². The molecule has 0 bridgehead atoms. The maximum Gasteiger partial charge on any atom is 0.128 e. The lowest BCUT2D eigenvalue weighted by Crippen LogP contribution is -2.05. The number of halogens is 2. The fraction of sp³-hybridized carbons (Fsp3) is 0.267. The van der Waals surface area contributed by atoms with Crippen molar-refractivity contribution in [3.05, 3.63) is 53.5 Å². The lowest BCUT2D eigenvalue weighted by atomic mass is 10.3. The number of aromatic nitrogens is 2. The van der Waals surface area contributed by atoms with Gasteiger partial charge in [-0.1, -0.05) is 0 Å². The smallest absolute Gasteiger partial charge is 0.128 e. The van der Waals surface area contributed by atoms with Gasteiger partial charge in [0, 0.05) is 0 Å².